The van der Waals surface area contributed by atoms with Gasteiger partial charge in [0.15, 0.2) is 5.75 Å². The number of rotatable bonds is 7. The summed E-state index contributed by atoms with van der Waals surface area (Å²) in [5.74, 6) is 2.52. The van der Waals surface area contributed by atoms with Crippen LogP contribution in [0.25, 0.3) is 0 Å². The van der Waals surface area contributed by atoms with Gasteiger partial charge < -0.3 is 20.1 Å². The van der Waals surface area contributed by atoms with Crippen molar-refractivity contribution < 1.29 is 14.3 Å². The van der Waals surface area contributed by atoms with Crippen LogP contribution in [0, 0.1) is 11.8 Å². The van der Waals surface area contributed by atoms with Gasteiger partial charge in [-0.25, -0.2) is 0 Å². The summed E-state index contributed by atoms with van der Waals surface area (Å²) in [6.07, 6.45) is 0. The molecule has 140 valence electrons. The summed E-state index contributed by atoms with van der Waals surface area (Å²) in [5, 5.41) is 6.20. The number of benzene rings is 2. The van der Waals surface area contributed by atoms with Crippen molar-refractivity contribution in [2.24, 2.45) is 11.8 Å². The quantitative estimate of drug-likeness (QED) is 0.764. The summed E-state index contributed by atoms with van der Waals surface area (Å²) in [6.45, 7) is 6.35. The van der Waals surface area contributed by atoms with Gasteiger partial charge in [-0.2, -0.15) is 0 Å². The van der Waals surface area contributed by atoms with Gasteiger partial charge in [-0.1, -0.05) is 19.1 Å². The van der Waals surface area contributed by atoms with Crippen molar-refractivity contribution in [1.82, 2.24) is 5.32 Å². The highest BCUT2D eigenvalue weighted by Crippen LogP contribution is 2.31. The Hall–Kier alpha value is -2.24. The van der Waals surface area contributed by atoms with Crippen molar-refractivity contribution in [3.8, 4) is 17.2 Å². The van der Waals surface area contributed by atoms with Gasteiger partial charge in [0.2, 0.25) is 5.91 Å². The average Bonchev–Trinajstić information content (AvgIpc) is 2.57. The summed E-state index contributed by atoms with van der Waals surface area (Å²) in [7, 11) is 0. The molecule has 0 aliphatic carbocycles. The Bertz CT molecular complexity index is 717. The molecule has 1 heterocycles. The van der Waals surface area contributed by atoms with Crippen LogP contribution in [0.15, 0.2) is 48.5 Å². The topological polar surface area (TPSA) is 59.6 Å². The lowest BCUT2D eigenvalue weighted by atomic mass is 9.88. The van der Waals surface area contributed by atoms with Crippen molar-refractivity contribution in [1.29, 1.82) is 0 Å². The van der Waals surface area contributed by atoms with Gasteiger partial charge in [-0.15, -0.1) is 12.4 Å². The smallest absolute Gasteiger partial charge is 0.227 e. The van der Waals surface area contributed by atoms with Crippen molar-refractivity contribution in [2.45, 2.75) is 13.8 Å². The first-order valence-corrected chi connectivity index (χ1v) is 8.68. The first-order valence-electron chi connectivity index (χ1n) is 8.68. The molecule has 5 nitrogen and oxygen atoms in total. The standard InChI is InChI=1S/C20H24N2O3.ClH/c1-3-24-16-8-10-17(11-9-16)25-19-7-5-4-6-18(19)22-20(23)14(2)15-12-21-13-15;/h4-11,14-15,21H,3,12-13H2,1-2H3,(H,22,23);1H. The maximum atomic E-state index is 12.5. The number of para-hydroxylation sites is 2. The Kier molecular flexibility index (Phi) is 7.30. The fraction of sp³-hybridized carbons (Fsp3) is 0.350. The number of hydrogen-bond donors (Lipinski definition) is 2. The van der Waals surface area contributed by atoms with Crippen LogP contribution >= 0.6 is 12.4 Å². The molecule has 2 N–H and O–H groups in total. The fourth-order valence-corrected chi connectivity index (χ4v) is 2.68. The van der Waals surface area contributed by atoms with Crippen LogP contribution in [0.2, 0.25) is 0 Å². The first kappa shape index (κ1) is 20.1. The molecule has 1 amide bonds. The van der Waals surface area contributed by atoms with Crippen molar-refractivity contribution in [2.75, 3.05) is 25.0 Å². The van der Waals surface area contributed by atoms with E-state index in [2.05, 4.69) is 10.6 Å². The van der Waals surface area contributed by atoms with Crippen molar-refractivity contribution >= 4 is 24.0 Å². The highest BCUT2D eigenvalue weighted by Gasteiger charge is 2.29. The summed E-state index contributed by atoms with van der Waals surface area (Å²) in [5.41, 5.74) is 0.681. The van der Waals surface area contributed by atoms with E-state index >= 15 is 0 Å². The predicted molar refractivity (Wildman–Crippen MR) is 106 cm³/mol. The van der Waals surface area contributed by atoms with E-state index in [0.717, 1.165) is 18.8 Å². The molecule has 3 rings (SSSR count). The van der Waals surface area contributed by atoms with E-state index < -0.39 is 0 Å². The van der Waals surface area contributed by atoms with Crippen LogP contribution in [0.5, 0.6) is 17.2 Å². The maximum absolute atomic E-state index is 12.5. The SMILES string of the molecule is CCOc1ccc(Oc2ccccc2NC(=O)C(C)C2CNC2)cc1.Cl. The Morgan fingerprint density at radius 1 is 1.15 bits per heavy atom. The highest BCUT2D eigenvalue weighted by atomic mass is 35.5. The zero-order valence-electron chi connectivity index (χ0n) is 15.0. The summed E-state index contributed by atoms with van der Waals surface area (Å²) >= 11 is 0. The molecule has 2 aromatic rings. The minimum atomic E-state index is -0.0280. The predicted octanol–water partition coefficient (Wildman–Crippen LogP) is 4.09. The van der Waals surface area contributed by atoms with E-state index in [1.165, 1.54) is 0 Å². The van der Waals surface area contributed by atoms with Crippen LogP contribution < -0.4 is 20.1 Å². The number of hydrogen-bond acceptors (Lipinski definition) is 4. The molecule has 0 spiro atoms. The summed E-state index contributed by atoms with van der Waals surface area (Å²) in [6, 6.07) is 14.9. The van der Waals surface area contributed by atoms with Crippen LogP contribution in [0.1, 0.15) is 13.8 Å². The molecule has 26 heavy (non-hydrogen) atoms. The second-order valence-electron chi connectivity index (χ2n) is 6.20. The number of carbonyl (C=O) groups is 1. The third kappa shape index (κ3) is 4.90. The average molecular weight is 377 g/mol. The van der Waals surface area contributed by atoms with Gasteiger partial charge in [-0.05, 0) is 62.3 Å². The normalized spacial score (nSPS) is 14.5. The first-order chi connectivity index (χ1) is 12.2. The molecule has 1 unspecified atom stereocenters. The Balaban J connectivity index is 0.00000243. The van der Waals surface area contributed by atoms with E-state index in [4.69, 9.17) is 9.47 Å². The molecule has 1 atom stereocenters. The van der Waals surface area contributed by atoms with E-state index in [1.54, 1.807) is 0 Å². The molecule has 0 radical (unpaired) electrons. The third-order valence-electron chi connectivity index (χ3n) is 4.44. The molecule has 1 aliphatic heterocycles. The molecule has 6 heteroatoms. The molecular weight excluding hydrogens is 352 g/mol. The number of amides is 1. The van der Waals surface area contributed by atoms with E-state index in [1.807, 2.05) is 62.4 Å². The van der Waals surface area contributed by atoms with Crippen LogP contribution in [0.3, 0.4) is 0 Å². The van der Waals surface area contributed by atoms with Crippen molar-refractivity contribution in [3.63, 3.8) is 0 Å². The van der Waals surface area contributed by atoms with E-state index in [0.29, 0.717) is 29.7 Å². The van der Waals surface area contributed by atoms with E-state index in [9.17, 15) is 4.79 Å². The van der Waals surface area contributed by atoms with Gasteiger partial charge in [0.1, 0.15) is 11.5 Å². The van der Waals surface area contributed by atoms with Gasteiger partial charge in [0.05, 0.1) is 12.3 Å². The lowest BCUT2D eigenvalue weighted by Crippen LogP contribution is -2.48. The lowest BCUT2D eigenvalue weighted by molar-refractivity contribution is -0.121. The van der Waals surface area contributed by atoms with Crippen LogP contribution in [-0.2, 0) is 4.79 Å². The van der Waals surface area contributed by atoms with Crippen molar-refractivity contribution in [3.05, 3.63) is 48.5 Å². The fourth-order valence-electron chi connectivity index (χ4n) is 2.68. The Morgan fingerprint density at radius 3 is 2.42 bits per heavy atom. The monoisotopic (exact) mass is 376 g/mol. The molecular formula is C20H25ClN2O3. The Morgan fingerprint density at radius 2 is 1.81 bits per heavy atom. The molecule has 1 saturated heterocycles. The highest BCUT2D eigenvalue weighted by molar-refractivity contribution is 5.94. The molecule has 2 aromatic carbocycles. The number of carbonyl (C=O) groups excluding carboxylic acids is 1. The summed E-state index contributed by atoms with van der Waals surface area (Å²) < 4.78 is 11.4. The molecule has 0 aromatic heterocycles. The molecule has 0 saturated carbocycles. The molecule has 0 bridgehead atoms. The minimum Gasteiger partial charge on any atom is -0.494 e. The molecule has 1 aliphatic rings. The van der Waals surface area contributed by atoms with Gasteiger partial charge in [-0.3, -0.25) is 4.79 Å². The summed E-state index contributed by atoms with van der Waals surface area (Å²) in [4.78, 5) is 12.5. The lowest BCUT2D eigenvalue weighted by Gasteiger charge is -2.31. The largest absolute Gasteiger partial charge is 0.494 e. The zero-order valence-corrected chi connectivity index (χ0v) is 15.8. The number of halogens is 1. The second kappa shape index (κ2) is 9.46. The van der Waals surface area contributed by atoms with Crippen LogP contribution in [0.4, 0.5) is 5.69 Å². The van der Waals surface area contributed by atoms with Crippen LogP contribution in [-0.4, -0.2) is 25.6 Å². The zero-order chi connectivity index (χ0) is 17.6. The van der Waals surface area contributed by atoms with Gasteiger partial charge in [0, 0.05) is 5.92 Å². The molecule has 1 fully saturated rings. The second-order valence-corrected chi connectivity index (χ2v) is 6.20. The van der Waals surface area contributed by atoms with E-state index in [-0.39, 0.29) is 24.2 Å². The van der Waals surface area contributed by atoms with Gasteiger partial charge in [0.25, 0.3) is 0 Å². The number of anilines is 1. The number of nitrogens with one attached hydrogen (secondary N) is 2. The number of ether oxygens (including phenoxy) is 2. The maximum Gasteiger partial charge on any atom is 0.227 e. The third-order valence-corrected chi connectivity index (χ3v) is 4.44. The minimum absolute atomic E-state index is 0. The van der Waals surface area contributed by atoms with Gasteiger partial charge >= 0.3 is 0 Å². The Labute approximate surface area is 160 Å².